The van der Waals surface area contributed by atoms with Crippen LogP contribution in [-0.4, -0.2) is 176 Å². The number of rotatable bonds is 16. The Labute approximate surface area is 401 Å². The number of halogens is 2. The number of ether oxygens (including phenoxy) is 1. The van der Waals surface area contributed by atoms with E-state index in [1.165, 1.54) is 12.1 Å². The molecule has 0 bridgehead atoms. The number of benzene rings is 2. The summed E-state index contributed by atoms with van der Waals surface area (Å²) in [5, 5.41) is 12.1. The topological polar surface area (TPSA) is 188 Å². The molecule has 7 heterocycles. The van der Waals surface area contributed by atoms with Gasteiger partial charge in [-0.1, -0.05) is 19.9 Å². The van der Waals surface area contributed by atoms with Crippen LogP contribution in [0.25, 0.3) is 0 Å². The average Bonchev–Trinajstić information content (AvgIpc) is 3.58. The van der Waals surface area contributed by atoms with Crippen molar-refractivity contribution in [3.05, 3.63) is 71.1 Å². The second-order valence-corrected chi connectivity index (χ2v) is 20.1. The number of hydrogen-bond donors (Lipinski definition) is 4. The fourth-order valence-corrected chi connectivity index (χ4v) is 10.5. The van der Waals surface area contributed by atoms with E-state index in [0.29, 0.717) is 76.6 Å². The summed E-state index contributed by atoms with van der Waals surface area (Å²) in [7, 11) is 0. The normalized spacial score (nSPS) is 22.2. The van der Waals surface area contributed by atoms with Crippen LogP contribution >= 0.6 is 0 Å². The lowest BCUT2D eigenvalue weighted by Crippen LogP contribution is -2.66. The molecular formula is C49H64F2N12O6. The molecule has 1 spiro atoms. The molecule has 20 heteroatoms. The summed E-state index contributed by atoms with van der Waals surface area (Å²) in [6.07, 6.45) is 5.03. The maximum Gasteiger partial charge on any atom is 0.264 e. The quantitative estimate of drug-likeness (QED) is 0.121. The molecule has 69 heavy (non-hydrogen) atoms. The summed E-state index contributed by atoms with van der Waals surface area (Å²) in [4.78, 5) is 84.4. The summed E-state index contributed by atoms with van der Waals surface area (Å²) in [6, 6.07) is 8.52. The van der Waals surface area contributed by atoms with Gasteiger partial charge in [0.2, 0.25) is 17.7 Å². The van der Waals surface area contributed by atoms with Crippen LogP contribution in [0, 0.1) is 17.0 Å². The van der Waals surface area contributed by atoms with Gasteiger partial charge in [0, 0.05) is 108 Å². The van der Waals surface area contributed by atoms with E-state index in [1.54, 1.807) is 29.4 Å². The van der Waals surface area contributed by atoms with Crippen molar-refractivity contribution in [3.8, 4) is 0 Å². The minimum absolute atomic E-state index is 0.0255. The van der Waals surface area contributed by atoms with Gasteiger partial charge in [-0.3, -0.25) is 48.9 Å². The van der Waals surface area contributed by atoms with Gasteiger partial charge in [0.1, 0.15) is 35.6 Å². The highest BCUT2D eigenvalue weighted by molar-refractivity contribution is 6.25. The molecule has 1 atom stereocenters. The monoisotopic (exact) mass is 955 g/mol. The third-order valence-electron chi connectivity index (χ3n) is 14.8. The molecule has 1 unspecified atom stereocenters. The van der Waals surface area contributed by atoms with Gasteiger partial charge in [0.25, 0.3) is 11.8 Å². The molecule has 2 aromatic carbocycles. The van der Waals surface area contributed by atoms with Crippen LogP contribution in [0.15, 0.2) is 42.7 Å². The third kappa shape index (κ3) is 11.1. The molecular weight excluding hydrogens is 891 g/mol. The second-order valence-electron chi connectivity index (χ2n) is 20.1. The van der Waals surface area contributed by atoms with Crippen molar-refractivity contribution in [3.63, 3.8) is 0 Å². The van der Waals surface area contributed by atoms with E-state index >= 15 is 8.78 Å². The van der Waals surface area contributed by atoms with Crippen molar-refractivity contribution in [1.82, 2.24) is 40.2 Å². The highest BCUT2D eigenvalue weighted by Gasteiger charge is 2.46. The van der Waals surface area contributed by atoms with Gasteiger partial charge >= 0.3 is 0 Å². The standard InChI is InChI=1S/C49H64F2N12O6/c1-48(2)8-14-60(15-9-48)29-33-26-36(51)39(27-35(33)50)62-30-43(65)57-49(31-62)10-16-61(17-11-49)41-28-40(54-32-55-41)53-12-18-58-19-21-59(22-20-58)23-25-69-24-13-52-37-5-3-4-34-44(37)47(68)63(46(34)67)38-6-7-42(64)56-45(38)66/h3-5,26-28,32,38,52H,6-25,29-31H2,1-2H3,(H,57,65)(H,53,54,55)(H,56,64,66). The third-order valence-corrected chi connectivity index (χ3v) is 14.8. The lowest BCUT2D eigenvalue weighted by molar-refractivity contribution is -0.136. The Hall–Kier alpha value is -5.83. The zero-order valence-corrected chi connectivity index (χ0v) is 39.7. The van der Waals surface area contributed by atoms with Gasteiger partial charge in [0.05, 0.1) is 42.1 Å². The molecule has 0 saturated carbocycles. The SMILES string of the molecule is CC1(C)CCN(Cc2cc(F)c(N3CC(=O)NC4(CCN(c5cc(NCCN6CCN(CCOCCNc7cccc8c7C(=O)N(C7CCC(=O)NC7=O)C8=O)CC6)ncn5)CC4)C3)cc2F)CC1. The number of carbonyl (C=O) groups excluding carboxylic acids is 5. The van der Waals surface area contributed by atoms with Crippen LogP contribution in [0.2, 0.25) is 0 Å². The number of amides is 5. The molecule has 18 nitrogen and oxygen atoms in total. The lowest BCUT2D eigenvalue weighted by Gasteiger charge is -2.48. The first-order valence-electron chi connectivity index (χ1n) is 24.4. The van der Waals surface area contributed by atoms with Gasteiger partial charge in [-0.05, 0) is 68.8 Å². The number of hydrogen-bond acceptors (Lipinski definition) is 15. The van der Waals surface area contributed by atoms with Gasteiger partial charge in [-0.2, -0.15) is 0 Å². The molecule has 5 amide bonds. The fourth-order valence-electron chi connectivity index (χ4n) is 10.5. The zero-order valence-electron chi connectivity index (χ0n) is 39.7. The first-order valence-corrected chi connectivity index (χ1v) is 24.4. The number of imide groups is 2. The van der Waals surface area contributed by atoms with Crippen LogP contribution in [0.3, 0.4) is 0 Å². The maximum atomic E-state index is 15.7. The number of nitrogens with one attached hydrogen (secondary N) is 4. The molecule has 6 aliphatic heterocycles. The molecule has 5 fully saturated rings. The average molecular weight is 955 g/mol. The van der Waals surface area contributed by atoms with Gasteiger partial charge < -0.3 is 30.5 Å². The summed E-state index contributed by atoms with van der Waals surface area (Å²) in [6.45, 7) is 15.6. The van der Waals surface area contributed by atoms with E-state index in [0.717, 1.165) is 81.7 Å². The number of nitrogens with zero attached hydrogens (tertiary/aromatic N) is 8. The minimum atomic E-state index is -1.01. The van der Waals surface area contributed by atoms with Crippen molar-refractivity contribution < 1.29 is 37.5 Å². The number of piperazine rings is 2. The first-order chi connectivity index (χ1) is 33.2. The Morgan fingerprint density at radius 3 is 2.28 bits per heavy atom. The lowest BCUT2D eigenvalue weighted by atomic mass is 9.82. The number of likely N-dealkylation sites (tertiary alicyclic amines) is 1. The number of carbonyl (C=O) groups is 5. The second kappa shape index (κ2) is 20.6. The Balaban J connectivity index is 0.665. The predicted octanol–water partition coefficient (Wildman–Crippen LogP) is 2.91. The largest absolute Gasteiger partial charge is 0.382 e. The Morgan fingerprint density at radius 2 is 1.52 bits per heavy atom. The van der Waals surface area contributed by atoms with E-state index in [9.17, 15) is 24.0 Å². The van der Waals surface area contributed by atoms with Crippen molar-refractivity contribution >= 4 is 52.5 Å². The van der Waals surface area contributed by atoms with E-state index in [1.807, 2.05) is 6.07 Å². The zero-order chi connectivity index (χ0) is 48.3. The summed E-state index contributed by atoms with van der Waals surface area (Å²) < 4.78 is 37.1. The Kier molecular flexibility index (Phi) is 14.4. The molecule has 0 aliphatic carbocycles. The summed E-state index contributed by atoms with van der Waals surface area (Å²) >= 11 is 0. The van der Waals surface area contributed by atoms with Crippen LogP contribution in [-0.2, 0) is 25.7 Å². The molecule has 4 N–H and O–H groups in total. The number of fused-ring (bicyclic) bond motifs is 1. The van der Waals surface area contributed by atoms with Crippen molar-refractivity contribution in [1.29, 1.82) is 0 Å². The fraction of sp³-hybridized carbons (Fsp3) is 0.571. The minimum Gasteiger partial charge on any atom is -0.382 e. The Morgan fingerprint density at radius 1 is 0.768 bits per heavy atom. The van der Waals surface area contributed by atoms with Crippen LogP contribution in [0.4, 0.5) is 31.8 Å². The molecule has 9 rings (SSSR count). The van der Waals surface area contributed by atoms with Crippen molar-refractivity contribution in [2.45, 2.75) is 70.5 Å². The van der Waals surface area contributed by atoms with Gasteiger partial charge in [-0.25, -0.2) is 18.7 Å². The highest BCUT2D eigenvalue weighted by Crippen LogP contribution is 2.35. The maximum absolute atomic E-state index is 15.7. The van der Waals surface area contributed by atoms with Crippen LogP contribution in [0.5, 0.6) is 0 Å². The first kappa shape index (κ1) is 48.2. The van der Waals surface area contributed by atoms with Crippen LogP contribution < -0.4 is 31.1 Å². The number of aromatic nitrogens is 2. The van der Waals surface area contributed by atoms with E-state index in [-0.39, 0.29) is 47.5 Å². The molecule has 5 saturated heterocycles. The number of piperidine rings is 3. The summed E-state index contributed by atoms with van der Waals surface area (Å²) in [5.74, 6) is -1.75. The molecule has 6 aliphatic rings. The van der Waals surface area contributed by atoms with E-state index in [4.69, 9.17) is 4.74 Å². The Bertz CT molecular complexity index is 2420. The number of anilines is 4. The van der Waals surface area contributed by atoms with Gasteiger partial charge in [0.15, 0.2) is 0 Å². The van der Waals surface area contributed by atoms with E-state index < -0.39 is 46.8 Å². The predicted molar refractivity (Wildman–Crippen MR) is 255 cm³/mol. The molecule has 1 aromatic heterocycles. The molecule has 0 radical (unpaired) electrons. The highest BCUT2D eigenvalue weighted by atomic mass is 19.1. The molecule has 370 valence electrons. The summed E-state index contributed by atoms with van der Waals surface area (Å²) in [5.41, 5.74) is 1.14. The van der Waals surface area contributed by atoms with Crippen LogP contribution in [0.1, 0.15) is 78.7 Å². The smallest absolute Gasteiger partial charge is 0.264 e. The molecule has 3 aromatic rings. The van der Waals surface area contributed by atoms with Gasteiger partial charge in [-0.15, -0.1) is 0 Å². The van der Waals surface area contributed by atoms with Crippen molar-refractivity contribution in [2.75, 3.05) is 125 Å². The van der Waals surface area contributed by atoms with Crippen molar-refractivity contribution in [2.24, 2.45) is 5.41 Å². The van der Waals surface area contributed by atoms with E-state index in [2.05, 4.69) is 64.7 Å².